The van der Waals surface area contributed by atoms with Gasteiger partial charge in [0.1, 0.15) is 6.33 Å². The quantitative estimate of drug-likeness (QED) is 0.744. The highest BCUT2D eigenvalue weighted by atomic mass is 32.1. The molecule has 5 nitrogen and oxygen atoms in total. The Morgan fingerprint density at radius 3 is 2.60 bits per heavy atom. The molecule has 0 saturated carbocycles. The summed E-state index contributed by atoms with van der Waals surface area (Å²) in [5, 5.41) is 4.39. The van der Waals surface area contributed by atoms with Crippen LogP contribution in [0, 0.1) is 0 Å². The van der Waals surface area contributed by atoms with Crippen LogP contribution in [0.15, 0.2) is 6.33 Å². The molecule has 1 N–H and O–H groups in total. The van der Waals surface area contributed by atoms with E-state index in [9.17, 15) is 0 Å². The molecular formula is C9H15N5S. The number of aromatic nitrogens is 2. The number of hydrogen-bond donors (Lipinski definition) is 1. The summed E-state index contributed by atoms with van der Waals surface area (Å²) >= 11 is 1.49. The van der Waals surface area contributed by atoms with Gasteiger partial charge in [-0.1, -0.05) is 0 Å². The molecule has 6 heteroatoms. The molecular weight excluding hydrogens is 210 g/mol. The van der Waals surface area contributed by atoms with Gasteiger partial charge in [0.25, 0.3) is 0 Å². The number of nitrogens with one attached hydrogen (secondary N) is 1. The van der Waals surface area contributed by atoms with Gasteiger partial charge < -0.3 is 10.2 Å². The van der Waals surface area contributed by atoms with Crippen LogP contribution in [0.5, 0.6) is 0 Å². The standard InChI is InChI=1S/C9H15N5S/c1-3-14(9-11-7-12-15-9)4-2-13(1)8-5-10-6-8/h7-8,10H,1-6H2. The van der Waals surface area contributed by atoms with Crippen LogP contribution in [0.2, 0.25) is 0 Å². The van der Waals surface area contributed by atoms with E-state index in [4.69, 9.17) is 0 Å². The first-order valence-electron chi connectivity index (χ1n) is 5.40. The molecule has 3 rings (SSSR count). The number of rotatable bonds is 2. The fourth-order valence-corrected chi connectivity index (χ4v) is 2.70. The van der Waals surface area contributed by atoms with E-state index < -0.39 is 0 Å². The second-order valence-corrected chi connectivity index (χ2v) is 4.82. The van der Waals surface area contributed by atoms with E-state index in [0.717, 1.165) is 37.4 Å². The highest BCUT2D eigenvalue weighted by Crippen LogP contribution is 2.18. The Bertz CT molecular complexity index is 302. The minimum atomic E-state index is 0.779. The van der Waals surface area contributed by atoms with E-state index in [2.05, 4.69) is 24.5 Å². The molecule has 0 aliphatic carbocycles. The van der Waals surface area contributed by atoms with Crippen LogP contribution in [-0.2, 0) is 0 Å². The highest BCUT2D eigenvalue weighted by Gasteiger charge is 2.28. The molecule has 2 aliphatic heterocycles. The Kier molecular flexibility index (Phi) is 2.56. The van der Waals surface area contributed by atoms with E-state index in [1.54, 1.807) is 6.33 Å². The first kappa shape index (κ1) is 9.50. The molecule has 2 saturated heterocycles. The molecule has 2 fully saturated rings. The molecule has 2 aliphatic rings. The Morgan fingerprint density at radius 2 is 2.07 bits per heavy atom. The van der Waals surface area contributed by atoms with Gasteiger partial charge in [-0.25, -0.2) is 4.98 Å². The van der Waals surface area contributed by atoms with Crippen LogP contribution in [0.25, 0.3) is 0 Å². The molecule has 1 aromatic heterocycles. The van der Waals surface area contributed by atoms with Gasteiger partial charge >= 0.3 is 0 Å². The van der Waals surface area contributed by atoms with E-state index in [1.807, 2.05) is 0 Å². The van der Waals surface area contributed by atoms with E-state index in [-0.39, 0.29) is 0 Å². The molecule has 0 unspecified atom stereocenters. The summed E-state index contributed by atoms with van der Waals surface area (Å²) in [7, 11) is 0. The van der Waals surface area contributed by atoms with Crippen LogP contribution in [0.1, 0.15) is 0 Å². The lowest BCUT2D eigenvalue weighted by Crippen LogP contribution is -2.61. The second kappa shape index (κ2) is 4.03. The predicted molar refractivity (Wildman–Crippen MR) is 60.4 cm³/mol. The molecule has 15 heavy (non-hydrogen) atoms. The summed E-state index contributed by atoms with van der Waals surface area (Å²) in [6.07, 6.45) is 1.64. The van der Waals surface area contributed by atoms with Crippen LogP contribution in [0.4, 0.5) is 5.13 Å². The van der Waals surface area contributed by atoms with Crippen LogP contribution in [-0.4, -0.2) is 59.6 Å². The molecule has 82 valence electrons. The summed E-state index contributed by atoms with van der Waals surface area (Å²) in [6.45, 7) is 6.83. The van der Waals surface area contributed by atoms with Crippen molar-refractivity contribution in [3.8, 4) is 0 Å². The van der Waals surface area contributed by atoms with Gasteiger partial charge in [-0.2, -0.15) is 4.37 Å². The molecule has 0 aromatic carbocycles. The zero-order valence-electron chi connectivity index (χ0n) is 8.59. The Morgan fingerprint density at radius 1 is 1.27 bits per heavy atom. The van der Waals surface area contributed by atoms with Crippen molar-refractivity contribution < 1.29 is 0 Å². The molecule has 3 heterocycles. The first-order chi connectivity index (χ1) is 7.43. The van der Waals surface area contributed by atoms with Gasteiger partial charge in [0.15, 0.2) is 0 Å². The fraction of sp³-hybridized carbons (Fsp3) is 0.778. The fourth-order valence-electron chi connectivity index (χ4n) is 2.12. The lowest BCUT2D eigenvalue weighted by atomic mass is 10.1. The number of hydrogen-bond acceptors (Lipinski definition) is 6. The third-order valence-electron chi connectivity index (χ3n) is 3.21. The predicted octanol–water partition coefficient (Wildman–Crippen LogP) is -0.368. The van der Waals surface area contributed by atoms with Gasteiger partial charge in [-0.05, 0) is 0 Å². The van der Waals surface area contributed by atoms with Gasteiger partial charge in [0, 0.05) is 56.8 Å². The molecule has 0 spiro atoms. The van der Waals surface area contributed by atoms with E-state index in [0.29, 0.717) is 0 Å². The zero-order valence-corrected chi connectivity index (χ0v) is 9.41. The normalized spacial score (nSPS) is 24.1. The second-order valence-electron chi connectivity index (χ2n) is 4.06. The third-order valence-corrected chi connectivity index (χ3v) is 3.94. The molecule has 0 amide bonds. The summed E-state index contributed by atoms with van der Waals surface area (Å²) in [6, 6.07) is 0.779. The largest absolute Gasteiger partial charge is 0.344 e. The lowest BCUT2D eigenvalue weighted by Gasteiger charge is -2.43. The van der Waals surface area contributed by atoms with Crippen LogP contribution >= 0.6 is 11.5 Å². The Labute approximate surface area is 93.3 Å². The minimum Gasteiger partial charge on any atom is -0.344 e. The summed E-state index contributed by atoms with van der Waals surface area (Å²) in [5.74, 6) is 0. The minimum absolute atomic E-state index is 0.779. The van der Waals surface area contributed by atoms with Crippen molar-refractivity contribution in [2.45, 2.75) is 6.04 Å². The van der Waals surface area contributed by atoms with Crippen LogP contribution in [0.3, 0.4) is 0 Å². The average molecular weight is 225 g/mol. The van der Waals surface area contributed by atoms with Crippen molar-refractivity contribution >= 4 is 16.7 Å². The average Bonchev–Trinajstić information content (AvgIpc) is 2.69. The maximum Gasteiger partial charge on any atom is 0.205 e. The molecule has 0 radical (unpaired) electrons. The molecule has 1 aromatic rings. The van der Waals surface area contributed by atoms with Crippen molar-refractivity contribution in [2.24, 2.45) is 0 Å². The van der Waals surface area contributed by atoms with Gasteiger partial charge in [0.2, 0.25) is 5.13 Å². The van der Waals surface area contributed by atoms with Crippen molar-refractivity contribution in [3.63, 3.8) is 0 Å². The zero-order chi connectivity index (χ0) is 10.1. The van der Waals surface area contributed by atoms with Crippen molar-refractivity contribution in [3.05, 3.63) is 6.33 Å². The number of anilines is 1. The maximum absolute atomic E-state index is 4.25. The van der Waals surface area contributed by atoms with Crippen molar-refractivity contribution in [2.75, 3.05) is 44.2 Å². The Hall–Kier alpha value is -0.720. The van der Waals surface area contributed by atoms with E-state index >= 15 is 0 Å². The summed E-state index contributed by atoms with van der Waals surface area (Å²) < 4.78 is 4.04. The lowest BCUT2D eigenvalue weighted by molar-refractivity contribution is 0.138. The summed E-state index contributed by atoms with van der Waals surface area (Å²) in [4.78, 5) is 9.16. The Balaban J connectivity index is 1.56. The van der Waals surface area contributed by atoms with Crippen LogP contribution < -0.4 is 10.2 Å². The van der Waals surface area contributed by atoms with Crippen molar-refractivity contribution in [1.82, 2.24) is 19.6 Å². The number of piperazine rings is 1. The molecule has 0 bridgehead atoms. The summed E-state index contributed by atoms with van der Waals surface area (Å²) in [5.41, 5.74) is 0. The van der Waals surface area contributed by atoms with E-state index in [1.165, 1.54) is 24.6 Å². The van der Waals surface area contributed by atoms with Crippen molar-refractivity contribution in [1.29, 1.82) is 0 Å². The molecule has 0 atom stereocenters. The number of nitrogens with zero attached hydrogens (tertiary/aromatic N) is 4. The van der Waals surface area contributed by atoms with Gasteiger partial charge in [0.05, 0.1) is 0 Å². The topological polar surface area (TPSA) is 44.3 Å². The highest BCUT2D eigenvalue weighted by molar-refractivity contribution is 7.09. The smallest absolute Gasteiger partial charge is 0.205 e. The van der Waals surface area contributed by atoms with Gasteiger partial charge in [-0.15, -0.1) is 0 Å². The SMILES string of the molecule is c1nsc(N2CCN(C3CNC3)CC2)n1. The third kappa shape index (κ3) is 1.84. The monoisotopic (exact) mass is 225 g/mol. The maximum atomic E-state index is 4.25. The first-order valence-corrected chi connectivity index (χ1v) is 6.17. The van der Waals surface area contributed by atoms with Gasteiger partial charge in [-0.3, -0.25) is 4.90 Å².